The van der Waals surface area contributed by atoms with E-state index in [2.05, 4.69) is 53.1 Å². The minimum absolute atomic E-state index is 0.000718. The minimum Gasteiger partial charge on any atom is -0.300 e. The maximum Gasteiger partial charge on any atom is 0.0954 e. The number of aryl methyl sites for hydroxylation is 1. The van der Waals surface area contributed by atoms with E-state index >= 15 is 0 Å². The lowest BCUT2D eigenvalue weighted by molar-refractivity contribution is 0.624. The molecule has 0 amide bonds. The van der Waals surface area contributed by atoms with Crippen LogP contribution in [-0.4, -0.2) is 6.54 Å². The van der Waals surface area contributed by atoms with Gasteiger partial charge in [-0.1, -0.05) is 47.0 Å². The van der Waals surface area contributed by atoms with E-state index in [9.17, 15) is 0 Å². The molecule has 1 unspecified atom stereocenters. The molecule has 1 aromatic rings. The van der Waals surface area contributed by atoms with Crippen LogP contribution >= 0.6 is 15.9 Å². The van der Waals surface area contributed by atoms with Gasteiger partial charge in [-0.3, -0.25) is 5.32 Å². The summed E-state index contributed by atoms with van der Waals surface area (Å²) in [5.41, 5.74) is 2.36. The highest BCUT2D eigenvalue weighted by molar-refractivity contribution is 9.10. The maximum absolute atomic E-state index is 5.53. The van der Waals surface area contributed by atoms with Gasteiger partial charge in [-0.05, 0) is 31.0 Å². The molecule has 0 aliphatic heterocycles. The summed E-state index contributed by atoms with van der Waals surface area (Å²) in [6, 6.07) is 6.16. The highest BCUT2D eigenvalue weighted by atomic mass is 79.9. The van der Waals surface area contributed by atoms with E-state index in [1.165, 1.54) is 5.56 Å². The average Bonchev–Trinajstić information content (AvgIpc) is 2.25. The fourth-order valence-corrected chi connectivity index (χ4v) is 1.93. The molecule has 0 fully saturated rings. The molecule has 1 aromatic carbocycles. The molecule has 0 aromatic heterocycles. The van der Waals surface area contributed by atoms with Crippen LogP contribution in [0.1, 0.15) is 30.5 Å². The number of hydrogen-bond donors (Lipinski definition) is 1. The first-order valence-electron chi connectivity index (χ1n) is 5.15. The molecule has 0 bridgehead atoms. The predicted octanol–water partition coefficient (Wildman–Crippen LogP) is 3.43. The van der Waals surface area contributed by atoms with Gasteiger partial charge >= 0.3 is 0 Å². The zero-order chi connectivity index (χ0) is 11.3. The highest BCUT2D eigenvalue weighted by Gasteiger charge is 2.11. The number of terminal acetylenes is 1. The van der Waals surface area contributed by atoms with Crippen LogP contribution in [0.3, 0.4) is 0 Å². The second-order valence-corrected chi connectivity index (χ2v) is 4.32. The lowest BCUT2D eigenvalue weighted by Crippen LogP contribution is -2.21. The Balaban J connectivity index is 2.93. The summed E-state index contributed by atoms with van der Waals surface area (Å²) in [5.74, 6) is 2.78. The van der Waals surface area contributed by atoms with Gasteiger partial charge in [0.05, 0.1) is 6.04 Å². The number of halogens is 1. The normalized spacial score (nSPS) is 12.1. The van der Waals surface area contributed by atoms with Gasteiger partial charge < -0.3 is 0 Å². The van der Waals surface area contributed by atoms with Gasteiger partial charge in [0.2, 0.25) is 0 Å². The average molecular weight is 266 g/mol. The molecule has 0 radical (unpaired) electrons. The van der Waals surface area contributed by atoms with Crippen LogP contribution in [0.5, 0.6) is 0 Å². The van der Waals surface area contributed by atoms with Gasteiger partial charge in [-0.2, -0.15) is 0 Å². The van der Waals surface area contributed by atoms with E-state index in [0.717, 1.165) is 23.0 Å². The van der Waals surface area contributed by atoms with Crippen LogP contribution in [0, 0.1) is 19.3 Å². The largest absolute Gasteiger partial charge is 0.300 e. The van der Waals surface area contributed by atoms with Crippen molar-refractivity contribution in [1.82, 2.24) is 5.32 Å². The quantitative estimate of drug-likeness (QED) is 0.823. The third-order valence-electron chi connectivity index (χ3n) is 2.30. The summed E-state index contributed by atoms with van der Waals surface area (Å²) < 4.78 is 1.11. The van der Waals surface area contributed by atoms with E-state index in [1.54, 1.807) is 0 Å². The van der Waals surface area contributed by atoms with E-state index in [4.69, 9.17) is 6.42 Å². The van der Waals surface area contributed by atoms with Crippen molar-refractivity contribution in [2.75, 3.05) is 6.54 Å². The number of nitrogens with one attached hydrogen (secondary N) is 1. The van der Waals surface area contributed by atoms with Gasteiger partial charge in [0, 0.05) is 4.47 Å². The summed E-state index contributed by atoms with van der Waals surface area (Å²) in [7, 11) is 0. The Hall–Kier alpha value is -0.780. The Kier molecular flexibility index (Phi) is 4.87. The van der Waals surface area contributed by atoms with Gasteiger partial charge in [0.15, 0.2) is 0 Å². The summed E-state index contributed by atoms with van der Waals surface area (Å²) >= 11 is 3.58. The molecule has 0 spiro atoms. The van der Waals surface area contributed by atoms with Crippen LogP contribution in [-0.2, 0) is 0 Å². The van der Waals surface area contributed by atoms with Crippen LogP contribution in [0.15, 0.2) is 22.7 Å². The number of rotatable bonds is 4. The summed E-state index contributed by atoms with van der Waals surface area (Å²) in [6.07, 6.45) is 6.62. The first-order valence-corrected chi connectivity index (χ1v) is 5.94. The zero-order valence-corrected chi connectivity index (χ0v) is 10.8. The first kappa shape index (κ1) is 12.3. The number of hydrogen-bond acceptors (Lipinski definition) is 1. The van der Waals surface area contributed by atoms with Crippen molar-refractivity contribution in [1.29, 1.82) is 0 Å². The molecule has 0 aliphatic carbocycles. The Labute approximate surface area is 100 Å². The molecular formula is C13H16BrN. The Morgan fingerprint density at radius 1 is 1.53 bits per heavy atom. The van der Waals surface area contributed by atoms with E-state index in [-0.39, 0.29) is 6.04 Å². The Morgan fingerprint density at radius 2 is 2.27 bits per heavy atom. The standard InChI is InChI=1S/C13H16BrN/c1-4-9-15-12(5-2)11-8-6-7-10(3)13(11)14/h2,6-8,12,15H,4,9H2,1,3H3. The number of benzene rings is 1. The van der Waals surface area contributed by atoms with Crippen molar-refractivity contribution < 1.29 is 0 Å². The van der Waals surface area contributed by atoms with Crippen LogP contribution in [0.2, 0.25) is 0 Å². The van der Waals surface area contributed by atoms with Crippen molar-refractivity contribution in [3.8, 4) is 12.3 Å². The fourth-order valence-electron chi connectivity index (χ4n) is 1.44. The third-order valence-corrected chi connectivity index (χ3v) is 3.38. The maximum atomic E-state index is 5.53. The van der Waals surface area contributed by atoms with Crippen molar-refractivity contribution in [3.05, 3.63) is 33.8 Å². The minimum atomic E-state index is -0.000718. The lowest BCUT2D eigenvalue weighted by Gasteiger charge is -2.15. The molecule has 0 heterocycles. The smallest absolute Gasteiger partial charge is 0.0954 e. The lowest BCUT2D eigenvalue weighted by atomic mass is 10.0. The van der Waals surface area contributed by atoms with Crippen molar-refractivity contribution >= 4 is 15.9 Å². The molecular weight excluding hydrogens is 250 g/mol. The van der Waals surface area contributed by atoms with Crippen LogP contribution in [0.4, 0.5) is 0 Å². The summed E-state index contributed by atoms with van der Waals surface area (Å²) in [5, 5.41) is 3.34. The molecule has 15 heavy (non-hydrogen) atoms. The van der Waals surface area contributed by atoms with Crippen LogP contribution < -0.4 is 5.32 Å². The van der Waals surface area contributed by atoms with Gasteiger partial charge in [0.1, 0.15) is 0 Å². The molecule has 80 valence electrons. The molecule has 0 saturated carbocycles. The van der Waals surface area contributed by atoms with Gasteiger partial charge in [-0.15, -0.1) is 6.42 Å². The summed E-state index contributed by atoms with van der Waals surface area (Å²) in [6.45, 7) is 5.14. The van der Waals surface area contributed by atoms with Crippen molar-refractivity contribution in [2.45, 2.75) is 26.3 Å². The topological polar surface area (TPSA) is 12.0 Å². The zero-order valence-electron chi connectivity index (χ0n) is 9.18. The fraction of sp³-hybridized carbons (Fsp3) is 0.385. The molecule has 1 N–H and O–H groups in total. The van der Waals surface area contributed by atoms with Crippen molar-refractivity contribution in [3.63, 3.8) is 0 Å². The molecule has 0 saturated heterocycles. The monoisotopic (exact) mass is 265 g/mol. The molecule has 0 aliphatic rings. The highest BCUT2D eigenvalue weighted by Crippen LogP contribution is 2.26. The SMILES string of the molecule is C#CC(NCCC)c1cccc(C)c1Br. The molecule has 1 nitrogen and oxygen atoms in total. The van der Waals surface area contributed by atoms with Crippen LogP contribution in [0.25, 0.3) is 0 Å². The second-order valence-electron chi connectivity index (χ2n) is 3.53. The second kappa shape index (κ2) is 5.95. The molecule has 1 atom stereocenters. The Morgan fingerprint density at radius 3 is 2.87 bits per heavy atom. The third kappa shape index (κ3) is 3.09. The molecule has 1 rings (SSSR count). The summed E-state index contributed by atoms with van der Waals surface area (Å²) in [4.78, 5) is 0. The van der Waals surface area contributed by atoms with Gasteiger partial charge in [0.25, 0.3) is 0 Å². The van der Waals surface area contributed by atoms with E-state index in [0.29, 0.717) is 0 Å². The van der Waals surface area contributed by atoms with Gasteiger partial charge in [-0.25, -0.2) is 0 Å². The first-order chi connectivity index (χ1) is 7.20. The predicted molar refractivity (Wildman–Crippen MR) is 68.7 cm³/mol. The van der Waals surface area contributed by atoms with Crippen molar-refractivity contribution in [2.24, 2.45) is 0 Å². The Bertz CT molecular complexity index is 365. The van der Waals surface area contributed by atoms with E-state index in [1.807, 2.05) is 6.07 Å². The van der Waals surface area contributed by atoms with E-state index < -0.39 is 0 Å². The molecule has 2 heteroatoms.